The molecule has 0 aliphatic carbocycles. The van der Waals surface area contributed by atoms with Gasteiger partial charge in [0, 0.05) is 0 Å². The van der Waals surface area contributed by atoms with E-state index in [0.29, 0.717) is 21.9 Å². The molecule has 2 rings (SSSR count). The number of rotatable bonds is 2. The van der Waals surface area contributed by atoms with Crippen LogP contribution in [0.15, 0.2) is 29.9 Å². The second-order valence-electron chi connectivity index (χ2n) is 2.89. The van der Waals surface area contributed by atoms with Crippen molar-refractivity contribution >= 4 is 11.3 Å². The molecule has 0 amide bonds. The van der Waals surface area contributed by atoms with Crippen molar-refractivity contribution in [1.29, 1.82) is 10.5 Å². The van der Waals surface area contributed by atoms with Gasteiger partial charge < -0.3 is 4.74 Å². The average molecular weight is 227 g/mol. The summed E-state index contributed by atoms with van der Waals surface area (Å²) < 4.78 is 5.46. The largest absolute Gasteiger partial charge is 0.445 e. The maximum atomic E-state index is 8.78. The van der Waals surface area contributed by atoms with Crippen molar-refractivity contribution < 1.29 is 4.74 Å². The number of benzene rings is 1. The molecule has 0 N–H and O–H groups in total. The standard InChI is InChI=1S/C11H5N3OS/c12-4-8-1-9(5-13)3-10(2-8)15-11-6-14-7-16-11/h1-3,6-7H. The Bertz CT molecular complexity index is 546. The molecular formula is C11H5N3OS. The van der Waals surface area contributed by atoms with Crippen LogP contribution in [0.5, 0.6) is 10.8 Å². The first-order valence-electron chi connectivity index (χ1n) is 4.33. The predicted octanol–water partition coefficient (Wildman–Crippen LogP) is 2.68. The third kappa shape index (κ3) is 2.17. The van der Waals surface area contributed by atoms with Crippen LogP contribution in [-0.4, -0.2) is 4.98 Å². The quantitative estimate of drug-likeness (QED) is 0.790. The molecule has 0 atom stereocenters. The summed E-state index contributed by atoms with van der Waals surface area (Å²) in [6, 6.07) is 8.64. The number of thiazole rings is 1. The van der Waals surface area contributed by atoms with Gasteiger partial charge in [0.2, 0.25) is 5.06 Å². The van der Waals surface area contributed by atoms with E-state index in [4.69, 9.17) is 15.3 Å². The number of nitrogens with zero attached hydrogens (tertiary/aromatic N) is 3. The van der Waals surface area contributed by atoms with Crippen LogP contribution in [0.2, 0.25) is 0 Å². The summed E-state index contributed by atoms with van der Waals surface area (Å²) in [4.78, 5) is 3.87. The molecule has 4 nitrogen and oxygen atoms in total. The van der Waals surface area contributed by atoms with Gasteiger partial charge in [0.1, 0.15) is 5.75 Å². The highest BCUT2D eigenvalue weighted by Gasteiger charge is 2.03. The van der Waals surface area contributed by atoms with Gasteiger partial charge in [-0.1, -0.05) is 11.3 Å². The highest BCUT2D eigenvalue weighted by Crippen LogP contribution is 2.26. The number of aromatic nitrogens is 1. The zero-order chi connectivity index (χ0) is 11.4. The lowest BCUT2D eigenvalue weighted by molar-refractivity contribution is 0.495. The van der Waals surface area contributed by atoms with Crippen LogP contribution >= 0.6 is 11.3 Å². The van der Waals surface area contributed by atoms with Crippen LogP contribution in [0.3, 0.4) is 0 Å². The van der Waals surface area contributed by atoms with E-state index in [1.54, 1.807) is 23.8 Å². The molecule has 0 aliphatic rings. The lowest BCUT2D eigenvalue weighted by atomic mass is 10.1. The van der Waals surface area contributed by atoms with Gasteiger partial charge in [-0.05, 0) is 18.2 Å². The smallest absolute Gasteiger partial charge is 0.200 e. The van der Waals surface area contributed by atoms with Gasteiger partial charge >= 0.3 is 0 Å². The highest BCUT2D eigenvalue weighted by molar-refractivity contribution is 7.11. The molecule has 1 heterocycles. The van der Waals surface area contributed by atoms with Gasteiger partial charge in [-0.2, -0.15) is 10.5 Å². The van der Waals surface area contributed by atoms with E-state index in [1.165, 1.54) is 17.4 Å². The number of hydrogen-bond acceptors (Lipinski definition) is 5. The minimum atomic E-state index is 0.401. The van der Waals surface area contributed by atoms with Crippen molar-refractivity contribution in [2.45, 2.75) is 0 Å². The molecule has 0 radical (unpaired) electrons. The molecule has 1 aromatic heterocycles. The van der Waals surface area contributed by atoms with Crippen LogP contribution < -0.4 is 4.74 Å². The van der Waals surface area contributed by atoms with Gasteiger partial charge in [-0.15, -0.1) is 0 Å². The number of hydrogen-bond donors (Lipinski definition) is 0. The van der Waals surface area contributed by atoms with Crippen LogP contribution in [0, 0.1) is 22.7 Å². The first-order chi connectivity index (χ1) is 7.81. The fourth-order valence-corrected chi connectivity index (χ4v) is 1.65. The molecule has 0 saturated heterocycles. The Morgan fingerprint density at radius 1 is 1.12 bits per heavy atom. The van der Waals surface area contributed by atoms with Crippen molar-refractivity contribution in [3.63, 3.8) is 0 Å². The molecule has 0 unspecified atom stereocenters. The monoisotopic (exact) mass is 227 g/mol. The molecule has 76 valence electrons. The topological polar surface area (TPSA) is 69.7 Å². The lowest BCUT2D eigenvalue weighted by Crippen LogP contribution is -1.85. The van der Waals surface area contributed by atoms with Gasteiger partial charge in [0.25, 0.3) is 0 Å². The van der Waals surface area contributed by atoms with Gasteiger partial charge in [0.05, 0.1) is 35.0 Å². The van der Waals surface area contributed by atoms with Gasteiger partial charge in [-0.25, -0.2) is 4.98 Å². The van der Waals surface area contributed by atoms with Crippen molar-refractivity contribution in [2.75, 3.05) is 0 Å². The minimum absolute atomic E-state index is 0.401. The summed E-state index contributed by atoms with van der Waals surface area (Å²) >= 11 is 1.35. The zero-order valence-corrected chi connectivity index (χ0v) is 8.86. The molecule has 0 spiro atoms. The molecule has 5 heteroatoms. The molecular weight excluding hydrogens is 222 g/mol. The number of nitriles is 2. The van der Waals surface area contributed by atoms with Crippen molar-refractivity contribution in [3.8, 4) is 23.0 Å². The molecule has 1 aromatic carbocycles. The normalized spacial score (nSPS) is 9.12. The average Bonchev–Trinajstić information content (AvgIpc) is 2.81. The van der Waals surface area contributed by atoms with E-state index in [9.17, 15) is 0 Å². The molecule has 0 aliphatic heterocycles. The summed E-state index contributed by atoms with van der Waals surface area (Å²) in [5.41, 5.74) is 2.45. The fraction of sp³-hybridized carbons (Fsp3) is 0. The van der Waals surface area contributed by atoms with Gasteiger partial charge in [0.15, 0.2) is 0 Å². The van der Waals surface area contributed by atoms with E-state index in [1.807, 2.05) is 12.1 Å². The van der Waals surface area contributed by atoms with Crippen molar-refractivity contribution in [3.05, 3.63) is 41.0 Å². The summed E-state index contributed by atoms with van der Waals surface area (Å²) in [7, 11) is 0. The second kappa shape index (κ2) is 4.43. The molecule has 2 aromatic rings. The molecule has 0 bridgehead atoms. The second-order valence-corrected chi connectivity index (χ2v) is 3.74. The maximum absolute atomic E-state index is 8.78. The first-order valence-corrected chi connectivity index (χ1v) is 5.21. The molecule has 16 heavy (non-hydrogen) atoms. The summed E-state index contributed by atoms with van der Waals surface area (Å²) in [5.74, 6) is 0.472. The number of ether oxygens (including phenoxy) is 1. The predicted molar refractivity (Wildman–Crippen MR) is 58.1 cm³/mol. The fourth-order valence-electron chi connectivity index (χ4n) is 1.16. The van der Waals surface area contributed by atoms with Crippen LogP contribution in [-0.2, 0) is 0 Å². The minimum Gasteiger partial charge on any atom is -0.445 e. The summed E-state index contributed by atoms with van der Waals surface area (Å²) in [6.45, 7) is 0. The van der Waals surface area contributed by atoms with E-state index in [-0.39, 0.29) is 0 Å². The van der Waals surface area contributed by atoms with E-state index in [0.717, 1.165) is 0 Å². The van der Waals surface area contributed by atoms with Gasteiger partial charge in [-0.3, -0.25) is 0 Å². The third-order valence-corrected chi connectivity index (χ3v) is 2.44. The Kier molecular flexibility index (Phi) is 2.81. The molecule has 0 saturated carbocycles. The Morgan fingerprint density at radius 2 is 1.81 bits per heavy atom. The zero-order valence-electron chi connectivity index (χ0n) is 8.04. The van der Waals surface area contributed by atoms with E-state index < -0.39 is 0 Å². The Morgan fingerprint density at radius 3 is 2.31 bits per heavy atom. The Labute approximate surface area is 96.0 Å². The SMILES string of the molecule is N#Cc1cc(C#N)cc(Oc2cncs2)c1. The van der Waals surface area contributed by atoms with Crippen LogP contribution in [0.1, 0.15) is 11.1 Å². The third-order valence-electron chi connectivity index (χ3n) is 1.79. The van der Waals surface area contributed by atoms with Crippen LogP contribution in [0.4, 0.5) is 0 Å². The first kappa shape index (κ1) is 10.2. The molecule has 0 fully saturated rings. The van der Waals surface area contributed by atoms with Crippen LogP contribution in [0.25, 0.3) is 0 Å². The van der Waals surface area contributed by atoms with Crippen molar-refractivity contribution in [1.82, 2.24) is 4.98 Å². The Balaban J connectivity index is 2.35. The Hall–Kier alpha value is -2.37. The maximum Gasteiger partial charge on any atom is 0.200 e. The van der Waals surface area contributed by atoms with E-state index in [2.05, 4.69) is 4.98 Å². The van der Waals surface area contributed by atoms with E-state index >= 15 is 0 Å². The lowest BCUT2D eigenvalue weighted by Gasteiger charge is -2.02. The van der Waals surface area contributed by atoms with Crippen molar-refractivity contribution in [2.24, 2.45) is 0 Å². The highest BCUT2D eigenvalue weighted by atomic mass is 32.1. The summed E-state index contributed by atoms with van der Waals surface area (Å²) in [6.07, 6.45) is 1.58. The summed E-state index contributed by atoms with van der Waals surface area (Å²) in [5, 5.41) is 18.2.